The second kappa shape index (κ2) is 8.25. The molecular formula is C26H30O4. The Morgan fingerprint density at radius 3 is 1.33 bits per heavy atom. The molecule has 5 rings (SSSR count). The van der Waals surface area contributed by atoms with Crippen LogP contribution in [0, 0.1) is 39.5 Å². The molecule has 158 valence electrons. The number of rotatable bonds is 4. The Morgan fingerprint density at radius 1 is 0.633 bits per heavy atom. The molecule has 0 spiro atoms. The number of hydrogen-bond acceptors (Lipinski definition) is 4. The number of carbonyl (C=O) groups is 2. The number of benzene rings is 2. The van der Waals surface area contributed by atoms with E-state index < -0.39 is 0 Å². The minimum atomic E-state index is -0.373. The minimum absolute atomic E-state index is 0.253. The van der Waals surface area contributed by atoms with Crippen molar-refractivity contribution in [3.8, 4) is 0 Å². The summed E-state index contributed by atoms with van der Waals surface area (Å²) < 4.78 is 12.0. The van der Waals surface area contributed by atoms with Crippen LogP contribution >= 0.6 is 0 Å². The SMILES string of the molecule is Cc1ccc(C(=O)OC2C3CCC(CC3)C2OC(=O)c2ccc(C)c(C)c2)cc1C. The zero-order chi connectivity index (χ0) is 21.4. The molecule has 0 radical (unpaired) electrons. The summed E-state index contributed by atoms with van der Waals surface area (Å²) in [5.74, 6) is -0.156. The molecule has 30 heavy (non-hydrogen) atoms. The monoisotopic (exact) mass is 406 g/mol. The lowest BCUT2D eigenvalue weighted by Gasteiger charge is -2.46. The van der Waals surface area contributed by atoms with Crippen LogP contribution in [0.5, 0.6) is 0 Å². The first-order valence-corrected chi connectivity index (χ1v) is 10.9. The van der Waals surface area contributed by atoms with Crippen LogP contribution in [0.1, 0.15) is 68.7 Å². The van der Waals surface area contributed by atoms with E-state index in [4.69, 9.17) is 9.47 Å². The minimum Gasteiger partial charge on any atom is -0.455 e. The summed E-state index contributed by atoms with van der Waals surface area (Å²) >= 11 is 0. The second-order valence-electron chi connectivity index (χ2n) is 9.01. The quantitative estimate of drug-likeness (QED) is 0.630. The van der Waals surface area contributed by atoms with Crippen molar-refractivity contribution in [3.05, 3.63) is 69.8 Å². The summed E-state index contributed by atoms with van der Waals surface area (Å²) in [6.45, 7) is 8.02. The van der Waals surface area contributed by atoms with E-state index in [0.29, 0.717) is 11.1 Å². The van der Waals surface area contributed by atoms with Gasteiger partial charge in [0.25, 0.3) is 0 Å². The van der Waals surface area contributed by atoms with Crippen LogP contribution in [0.25, 0.3) is 0 Å². The first kappa shape index (κ1) is 20.6. The normalized spacial score (nSPS) is 25.1. The Bertz CT molecular complexity index is 889. The largest absolute Gasteiger partial charge is 0.455 e. The first-order valence-electron chi connectivity index (χ1n) is 10.9. The summed E-state index contributed by atoms with van der Waals surface area (Å²) in [6.07, 6.45) is 3.34. The summed E-state index contributed by atoms with van der Waals surface area (Å²) in [5, 5.41) is 0. The highest BCUT2D eigenvalue weighted by atomic mass is 16.6. The van der Waals surface area contributed by atoms with Gasteiger partial charge < -0.3 is 9.47 Å². The summed E-state index contributed by atoms with van der Waals surface area (Å²) in [5.41, 5.74) is 5.52. The highest BCUT2D eigenvalue weighted by Crippen LogP contribution is 2.44. The fourth-order valence-electron chi connectivity index (χ4n) is 4.79. The van der Waals surface area contributed by atoms with Crippen LogP contribution in [0.15, 0.2) is 36.4 Å². The number of hydrogen-bond donors (Lipinski definition) is 0. The number of aryl methyl sites for hydroxylation is 4. The number of ether oxygens (including phenoxy) is 2. The Morgan fingerprint density at radius 2 is 1.00 bits per heavy atom. The van der Waals surface area contributed by atoms with Crippen LogP contribution in [-0.2, 0) is 9.47 Å². The zero-order valence-electron chi connectivity index (χ0n) is 18.2. The van der Waals surface area contributed by atoms with E-state index in [0.717, 1.165) is 47.9 Å². The highest BCUT2D eigenvalue weighted by molar-refractivity contribution is 5.91. The van der Waals surface area contributed by atoms with E-state index in [1.807, 2.05) is 64.1 Å². The molecule has 0 N–H and O–H groups in total. The van der Waals surface area contributed by atoms with Crippen LogP contribution in [0.3, 0.4) is 0 Å². The molecule has 0 aliphatic heterocycles. The lowest BCUT2D eigenvalue weighted by atomic mass is 9.67. The molecule has 2 aromatic rings. The van der Waals surface area contributed by atoms with Gasteiger partial charge in [0.1, 0.15) is 12.2 Å². The zero-order valence-corrected chi connectivity index (χ0v) is 18.2. The number of fused-ring (bicyclic) bond motifs is 3. The molecule has 2 aromatic carbocycles. The molecule has 4 heteroatoms. The molecule has 3 aliphatic carbocycles. The van der Waals surface area contributed by atoms with E-state index in [9.17, 15) is 9.59 Å². The highest BCUT2D eigenvalue weighted by Gasteiger charge is 2.48. The maximum absolute atomic E-state index is 12.9. The Hall–Kier alpha value is -2.62. The Balaban J connectivity index is 1.53. The third-order valence-corrected chi connectivity index (χ3v) is 7.04. The van der Waals surface area contributed by atoms with Gasteiger partial charge in [0.05, 0.1) is 11.1 Å². The van der Waals surface area contributed by atoms with Crippen molar-refractivity contribution in [2.75, 3.05) is 0 Å². The summed E-state index contributed by atoms with van der Waals surface area (Å²) in [6, 6.07) is 11.2. The van der Waals surface area contributed by atoms with Crippen molar-refractivity contribution < 1.29 is 19.1 Å². The topological polar surface area (TPSA) is 52.6 Å². The van der Waals surface area contributed by atoms with Crippen molar-refractivity contribution >= 4 is 11.9 Å². The van der Waals surface area contributed by atoms with Crippen LogP contribution in [0.4, 0.5) is 0 Å². The molecule has 0 heterocycles. The van der Waals surface area contributed by atoms with Crippen molar-refractivity contribution in [2.45, 2.75) is 65.6 Å². The van der Waals surface area contributed by atoms with Gasteiger partial charge in [-0.25, -0.2) is 9.59 Å². The Labute approximate surface area is 178 Å². The number of esters is 2. The molecule has 2 atom stereocenters. The van der Waals surface area contributed by atoms with E-state index in [2.05, 4.69) is 0 Å². The molecule has 3 saturated carbocycles. The molecule has 0 aromatic heterocycles. The fraction of sp³-hybridized carbons (Fsp3) is 0.462. The molecular weight excluding hydrogens is 376 g/mol. The first-order chi connectivity index (χ1) is 14.3. The van der Waals surface area contributed by atoms with Crippen molar-refractivity contribution in [2.24, 2.45) is 11.8 Å². The van der Waals surface area contributed by atoms with E-state index >= 15 is 0 Å². The molecule has 0 amide bonds. The molecule has 3 aliphatic rings. The van der Waals surface area contributed by atoms with Gasteiger partial charge in [-0.15, -0.1) is 0 Å². The van der Waals surface area contributed by atoms with Gasteiger partial charge in [0.2, 0.25) is 0 Å². The van der Waals surface area contributed by atoms with E-state index in [-0.39, 0.29) is 36.0 Å². The molecule has 4 nitrogen and oxygen atoms in total. The third kappa shape index (κ3) is 4.00. The summed E-state index contributed by atoms with van der Waals surface area (Å²) in [4.78, 5) is 25.7. The summed E-state index contributed by atoms with van der Waals surface area (Å²) in [7, 11) is 0. The van der Waals surface area contributed by atoms with Crippen molar-refractivity contribution in [1.82, 2.24) is 0 Å². The maximum Gasteiger partial charge on any atom is 0.338 e. The lowest BCUT2D eigenvalue weighted by Crippen LogP contribution is -2.52. The van der Waals surface area contributed by atoms with Gasteiger partial charge in [-0.2, -0.15) is 0 Å². The predicted octanol–water partition coefficient (Wildman–Crippen LogP) is 5.49. The second-order valence-corrected chi connectivity index (χ2v) is 9.01. The van der Waals surface area contributed by atoms with Crippen LogP contribution < -0.4 is 0 Å². The predicted molar refractivity (Wildman–Crippen MR) is 116 cm³/mol. The van der Waals surface area contributed by atoms with E-state index in [1.54, 1.807) is 0 Å². The maximum atomic E-state index is 12.9. The average molecular weight is 407 g/mol. The van der Waals surface area contributed by atoms with Crippen molar-refractivity contribution in [3.63, 3.8) is 0 Å². The van der Waals surface area contributed by atoms with Gasteiger partial charge in [0, 0.05) is 0 Å². The molecule has 0 saturated heterocycles. The van der Waals surface area contributed by atoms with Gasteiger partial charge in [-0.3, -0.25) is 0 Å². The van der Waals surface area contributed by atoms with Gasteiger partial charge in [-0.1, -0.05) is 12.1 Å². The molecule has 2 unspecified atom stereocenters. The van der Waals surface area contributed by atoms with Gasteiger partial charge in [0.15, 0.2) is 0 Å². The Kier molecular flexibility index (Phi) is 5.68. The van der Waals surface area contributed by atoms with Crippen LogP contribution in [0.2, 0.25) is 0 Å². The standard InChI is InChI=1S/C26H30O4/c1-15-5-7-21(13-17(15)3)25(27)29-23-19-9-11-20(12-10-19)24(23)30-26(28)22-8-6-16(2)18(4)14-22/h5-8,13-14,19-20,23-24H,9-12H2,1-4H3. The number of carbonyl (C=O) groups excluding carboxylic acids is 2. The van der Waals surface area contributed by atoms with Gasteiger partial charge in [-0.05, 0) is 112 Å². The van der Waals surface area contributed by atoms with E-state index in [1.165, 1.54) is 0 Å². The fourth-order valence-corrected chi connectivity index (χ4v) is 4.79. The van der Waals surface area contributed by atoms with Gasteiger partial charge >= 0.3 is 11.9 Å². The smallest absolute Gasteiger partial charge is 0.338 e. The van der Waals surface area contributed by atoms with Crippen molar-refractivity contribution in [1.29, 1.82) is 0 Å². The lowest BCUT2D eigenvalue weighted by molar-refractivity contribution is -0.121. The molecule has 3 fully saturated rings. The average Bonchev–Trinajstić information content (AvgIpc) is 2.74. The van der Waals surface area contributed by atoms with Crippen LogP contribution in [-0.4, -0.2) is 24.1 Å². The third-order valence-electron chi connectivity index (χ3n) is 7.04. The molecule has 2 bridgehead atoms.